The van der Waals surface area contributed by atoms with Crippen molar-refractivity contribution < 1.29 is 14.3 Å². The number of benzene rings is 2. The molecule has 0 unspecified atom stereocenters. The molecule has 2 aromatic rings. The average Bonchev–Trinajstić information content (AvgIpc) is 2.82. The lowest BCUT2D eigenvalue weighted by Crippen LogP contribution is -2.39. The number of piperidine rings is 1. The standard InChI is InChI=1S/C25H28N2O3/c1-4-18-10-11-22(25(29)30-3)21(5-2)23(18)24(28)27-14-12-20(13-15-27)19-8-6-17(16-26)7-9-19/h6-11,20H,4-5,12-15H2,1-3H3. The second-order valence-electron chi connectivity index (χ2n) is 7.62. The van der Waals surface area contributed by atoms with E-state index < -0.39 is 5.97 Å². The zero-order valence-corrected chi connectivity index (χ0v) is 17.9. The van der Waals surface area contributed by atoms with E-state index in [0.29, 0.717) is 42.1 Å². The number of nitrogens with zero attached hydrogens (tertiary/aromatic N) is 2. The summed E-state index contributed by atoms with van der Waals surface area (Å²) in [5, 5.41) is 8.97. The number of ether oxygens (including phenoxy) is 1. The van der Waals surface area contributed by atoms with Crippen LogP contribution in [0.5, 0.6) is 0 Å². The van der Waals surface area contributed by atoms with Crippen LogP contribution in [0, 0.1) is 11.3 Å². The van der Waals surface area contributed by atoms with Gasteiger partial charge in [0.1, 0.15) is 0 Å². The number of rotatable bonds is 5. The molecule has 0 aliphatic carbocycles. The summed E-state index contributed by atoms with van der Waals surface area (Å²) < 4.78 is 4.93. The van der Waals surface area contributed by atoms with Gasteiger partial charge in [0.05, 0.1) is 24.3 Å². The summed E-state index contributed by atoms with van der Waals surface area (Å²) in [6.45, 7) is 5.35. The van der Waals surface area contributed by atoms with Crippen LogP contribution >= 0.6 is 0 Å². The maximum Gasteiger partial charge on any atom is 0.338 e. The van der Waals surface area contributed by atoms with Crippen LogP contribution in [0.2, 0.25) is 0 Å². The topological polar surface area (TPSA) is 70.4 Å². The van der Waals surface area contributed by atoms with Crippen molar-refractivity contribution in [2.75, 3.05) is 20.2 Å². The van der Waals surface area contributed by atoms with E-state index in [0.717, 1.165) is 30.4 Å². The molecule has 0 N–H and O–H groups in total. The van der Waals surface area contributed by atoms with Crippen molar-refractivity contribution in [2.45, 2.75) is 45.4 Å². The summed E-state index contributed by atoms with van der Waals surface area (Å²) in [5.41, 5.74) is 4.78. The molecule has 0 saturated carbocycles. The van der Waals surface area contributed by atoms with E-state index in [9.17, 15) is 9.59 Å². The quantitative estimate of drug-likeness (QED) is 0.689. The van der Waals surface area contributed by atoms with E-state index in [-0.39, 0.29) is 5.91 Å². The summed E-state index contributed by atoms with van der Waals surface area (Å²) in [7, 11) is 1.37. The van der Waals surface area contributed by atoms with Gasteiger partial charge in [-0.3, -0.25) is 4.79 Å². The van der Waals surface area contributed by atoms with Gasteiger partial charge in [0, 0.05) is 18.7 Å². The molecule has 30 heavy (non-hydrogen) atoms. The van der Waals surface area contributed by atoms with Crippen LogP contribution in [-0.4, -0.2) is 37.0 Å². The Bertz CT molecular complexity index is 965. The molecule has 5 heteroatoms. The summed E-state index contributed by atoms with van der Waals surface area (Å²) in [4.78, 5) is 27.6. The minimum absolute atomic E-state index is 0.00716. The Morgan fingerprint density at radius 3 is 2.27 bits per heavy atom. The molecule has 0 aromatic heterocycles. The molecule has 1 heterocycles. The van der Waals surface area contributed by atoms with Crippen LogP contribution in [0.4, 0.5) is 0 Å². The van der Waals surface area contributed by atoms with Gasteiger partial charge in [-0.15, -0.1) is 0 Å². The fourth-order valence-corrected chi connectivity index (χ4v) is 4.33. The molecule has 156 valence electrons. The van der Waals surface area contributed by atoms with E-state index in [1.807, 2.05) is 49.1 Å². The molecule has 0 bridgehead atoms. The Kier molecular flexibility index (Phi) is 6.89. The number of carbonyl (C=O) groups is 2. The molecule has 1 aliphatic rings. The lowest BCUT2D eigenvalue weighted by molar-refractivity contribution is 0.0599. The van der Waals surface area contributed by atoms with Crippen molar-refractivity contribution in [1.82, 2.24) is 4.90 Å². The van der Waals surface area contributed by atoms with Gasteiger partial charge in [-0.05, 0) is 66.5 Å². The van der Waals surface area contributed by atoms with Gasteiger partial charge >= 0.3 is 5.97 Å². The maximum atomic E-state index is 13.5. The summed E-state index contributed by atoms with van der Waals surface area (Å²) >= 11 is 0. The number of esters is 1. The molecule has 1 aliphatic heterocycles. The Morgan fingerprint density at radius 2 is 1.73 bits per heavy atom. The monoisotopic (exact) mass is 404 g/mol. The fraction of sp³-hybridized carbons (Fsp3) is 0.400. The van der Waals surface area contributed by atoms with E-state index in [1.54, 1.807) is 6.07 Å². The third kappa shape index (κ3) is 4.23. The first-order valence-corrected chi connectivity index (χ1v) is 10.6. The second-order valence-corrected chi connectivity index (χ2v) is 7.62. The fourth-order valence-electron chi connectivity index (χ4n) is 4.33. The highest BCUT2D eigenvalue weighted by atomic mass is 16.5. The first-order chi connectivity index (χ1) is 14.5. The maximum absolute atomic E-state index is 13.5. The third-order valence-electron chi connectivity index (χ3n) is 6.05. The van der Waals surface area contributed by atoms with Crippen molar-refractivity contribution in [1.29, 1.82) is 5.26 Å². The Morgan fingerprint density at radius 1 is 1.07 bits per heavy atom. The average molecular weight is 405 g/mol. The Balaban J connectivity index is 1.82. The zero-order chi connectivity index (χ0) is 21.7. The molecule has 1 amide bonds. The predicted molar refractivity (Wildman–Crippen MR) is 116 cm³/mol. The summed E-state index contributed by atoms with van der Waals surface area (Å²) in [5.74, 6) is -0.00436. The van der Waals surface area contributed by atoms with Crippen molar-refractivity contribution >= 4 is 11.9 Å². The first kappa shape index (κ1) is 21.6. The normalized spacial score (nSPS) is 14.3. The van der Waals surface area contributed by atoms with E-state index in [4.69, 9.17) is 10.00 Å². The summed E-state index contributed by atoms with van der Waals surface area (Å²) in [6, 6.07) is 13.5. The van der Waals surface area contributed by atoms with Crippen LogP contribution in [0.3, 0.4) is 0 Å². The van der Waals surface area contributed by atoms with Gasteiger partial charge < -0.3 is 9.64 Å². The SMILES string of the molecule is CCc1ccc(C(=O)OC)c(CC)c1C(=O)N1CCC(c2ccc(C#N)cc2)CC1. The van der Waals surface area contributed by atoms with Crippen molar-refractivity contribution in [3.63, 3.8) is 0 Å². The van der Waals surface area contributed by atoms with Gasteiger partial charge in [-0.25, -0.2) is 4.79 Å². The van der Waals surface area contributed by atoms with Crippen molar-refractivity contribution in [2.24, 2.45) is 0 Å². The van der Waals surface area contributed by atoms with Crippen LogP contribution in [0.1, 0.15) is 75.6 Å². The highest BCUT2D eigenvalue weighted by Gasteiger charge is 2.28. The van der Waals surface area contributed by atoms with Crippen molar-refractivity contribution in [3.05, 3.63) is 69.8 Å². The first-order valence-electron chi connectivity index (χ1n) is 10.6. The predicted octanol–water partition coefficient (Wildman–Crippen LogP) is 4.49. The number of hydrogen-bond acceptors (Lipinski definition) is 4. The lowest BCUT2D eigenvalue weighted by atomic mass is 9.87. The molecule has 0 spiro atoms. The van der Waals surface area contributed by atoms with Crippen LogP contribution in [0.25, 0.3) is 0 Å². The number of likely N-dealkylation sites (tertiary alicyclic amines) is 1. The smallest absolute Gasteiger partial charge is 0.338 e. The van der Waals surface area contributed by atoms with Gasteiger partial charge in [0.2, 0.25) is 0 Å². The number of aryl methyl sites for hydroxylation is 1. The van der Waals surface area contributed by atoms with Crippen LogP contribution < -0.4 is 0 Å². The highest BCUT2D eigenvalue weighted by molar-refractivity contribution is 6.01. The molecule has 0 radical (unpaired) electrons. The Labute approximate surface area is 178 Å². The number of nitriles is 1. The van der Waals surface area contributed by atoms with E-state index in [2.05, 4.69) is 6.07 Å². The van der Waals surface area contributed by atoms with Crippen LogP contribution in [-0.2, 0) is 17.6 Å². The minimum Gasteiger partial charge on any atom is -0.465 e. The zero-order valence-electron chi connectivity index (χ0n) is 17.9. The molecular formula is C25H28N2O3. The van der Waals surface area contributed by atoms with Crippen molar-refractivity contribution in [3.8, 4) is 6.07 Å². The highest BCUT2D eigenvalue weighted by Crippen LogP contribution is 2.30. The molecule has 1 saturated heterocycles. The minimum atomic E-state index is -0.400. The second kappa shape index (κ2) is 9.58. The number of carbonyl (C=O) groups excluding carboxylic acids is 2. The van der Waals surface area contributed by atoms with Gasteiger partial charge in [-0.1, -0.05) is 32.0 Å². The van der Waals surface area contributed by atoms with Crippen LogP contribution in [0.15, 0.2) is 36.4 Å². The Hall–Kier alpha value is -3.13. The summed E-state index contributed by atoms with van der Waals surface area (Å²) in [6.07, 6.45) is 3.10. The third-order valence-corrected chi connectivity index (χ3v) is 6.05. The van der Waals surface area contributed by atoms with E-state index in [1.165, 1.54) is 12.7 Å². The van der Waals surface area contributed by atoms with E-state index >= 15 is 0 Å². The molecular weight excluding hydrogens is 376 g/mol. The number of hydrogen-bond donors (Lipinski definition) is 0. The largest absolute Gasteiger partial charge is 0.465 e. The molecule has 1 fully saturated rings. The molecule has 5 nitrogen and oxygen atoms in total. The number of methoxy groups -OCH3 is 1. The molecule has 0 atom stereocenters. The molecule has 2 aromatic carbocycles. The van der Waals surface area contributed by atoms with Gasteiger partial charge in [0.25, 0.3) is 5.91 Å². The van der Waals surface area contributed by atoms with Gasteiger partial charge in [-0.2, -0.15) is 5.26 Å². The lowest BCUT2D eigenvalue weighted by Gasteiger charge is -2.33. The molecule has 3 rings (SSSR count). The van der Waals surface area contributed by atoms with Gasteiger partial charge in [0.15, 0.2) is 0 Å². The number of amides is 1.